The topological polar surface area (TPSA) is 29.9 Å². The molecule has 0 aliphatic heterocycles. The first-order valence-electron chi connectivity index (χ1n) is 6.52. The third-order valence-corrected chi connectivity index (χ3v) is 3.75. The van der Waals surface area contributed by atoms with Crippen molar-refractivity contribution in [1.82, 2.24) is 15.1 Å². The SMILES string of the molecule is CCc1cc(CC)n(C2CCC2CNC)n1. The number of nitrogens with one attached hydrogen (secondary N) is 1. The van der Waals surface area contributed by atoms with Crippen LogP contribution < -0.4 is 5.32 Å². The molecule has 3 nitrogen and oxygen atoms in total. The van der Waals surface area contributed by atoms with Gasteiger partial charge in [0.05, 0.1) is 11.7 Å². The van der Waals surface area contributed by atoms with Gasteiger partial charge in [0.1, 0.15) is 0 Å². The van der Waals surface area contributed by atoms with Crippen molar-refractivity contribution < 1.29 is 0 Å². The lowest BCUT2D eigenvalue weighted by atomic mass is 9.79. The van der Waals surface area contributed by atoms with Crippen molar-refractivity contribution >= 4 is 0 Å². The second kappa shape index (κ2) is 5.00. The summed E-state index contributed by atoms with van der Waals surface area (Å²) in [5, 5.41) is 8.03. The normalized spacial score (nSPS) is 24.4. The third kappa shape index (κ3) is 2.01. The summed E-state index contributed by atoms with van der Waals surface area (Å²) in [6.45, 7) is 5.52. The molecule has 1 aromatic heterocycles. The number of hydrogen-bond donors (Lipinski definition) is 1. The summed E-state index contributed by atoms with van der Waals surface area (Å²) in [7, 11) is 2.04. The van der Waals surface area contributed by atoms with Crippen molar-refractivity contribution in [2.75, 3.05) is 13.6 Å². The van der Waals surface area contributed by atoms with Crippen LogP contribution in [0.1, 0.15) is 44.1 Å². The maximum Gasteiger partial charge on any atom is 0.0624 e. The molecule has 90 valence electrons. The third-order valence-electron chi connectivity index (χ3n) is 3.75. The van der Waals surface area contributed by atoms with E-state index in [1.165, 1.54) is 24.2 Å². The van der Waals surface area contributed by atoms with Gasteiger partial charge in [-0.2, -0.15) is 5.10 Å². The Bertz CT molecular complexity index is 343. The highest BCUT2D eigenvalue weighted by Gasteiger charge is 2.33. The van der Waals surface area contributed by atoms with Crippen LogP contribution in [-0.4, -0.2) is 23.4 Å². The Morgan fingerprint density at radius 1 is 1.38 bits per heavy atom. The van der Waals surface area contributed by atoms with E-state index in [1.807, 2.05) is 7.05 Å². The average molecular weight is 221 g/mol. The molecule has 1 aliphatic rings. The van der Waals surface area contributed by atoms with Crippen LogP contribution in [0.5, 0.6) is 0 Å². The van der Waals surface area contributed by atoms with E-state index < -0.39 is 0 Å². The van der Waals surface area contributed by atoms with Crippen molar-refractivity contribution in [3.05, 3.63) is 17.5 Å². The minimum atomic E-state index is 0.641. The first-order valence-corrected chi connectivity index (χ1v) is 6.52. The lowest BCUT2D eigenvalue weighted by Gasteiger charge is -2.37. The average Bonchev–Trinajstić information content (AvgIpc) is 2.67. The number of rotatable bonds is 5. The fraction of sp³-hybridized carbons (Fsp3) is 0.769. The highest BCUT2D eigenvalue weighted by atomic mass is 15.3. The van der Waals surface area contributed by atoms with Gasteiger partial charge in [0, 0.05) is 5.69 Å². The molecule has 0 spiro atoms. The van der Waals surface area contributed by atoms with Crippen LogP contribution in [-0.2, 0) is 12.8 Å². The van der Waals surface area contributed by atoms with Gasteiger partial charge in [0.15, 0.2) is 0 Å². The molecule has 0 aromatic carbocycles. The zero-order valence-electron chi connectivity index (χ0n) is 10.7. The largest absolute Gasteiger partial charge is 0.319 e. The van der Waals surface area contributed by atoms with E-state index in [2.05, 4.69) is 29.9 Å². The Hall–Kier alpha value is -0.830. The fourth-order valence-electron chi connectivity index (χ4n) is 2.59. The molecule has 3 heteroatoms. The van der Waals surface area contributed by atoms with E-state index >= 15 is 0 Å². The lowest BCUT2D eigenvalue weighted by Crippen LogP contribution is -2.36. The first kappa shape index (κ1) is 11.6. The van der Waals surface area contributed by atoms with Crippen LogP contribution in [0, 0.1) is 5.92 Å². The van der Waals surface area contributed by atoms with Gasteiger partial charge < -0.3 is 5.32 Å². The summed E-state index contributed by atoms with van der Waals surface area (Å²) >= 11 is 0. The van der Waals surface area contributed by atoms with Crippen molar-refractivity contribution in [3.63, 3.8) is 0 Å². The van der Waals surface area contributed by atoms with Crippen molar-refractivity contribution in [3.8, 4) is 0 Å². The predicted molar refractivity (Wildman–Crippen MR) is 66.7 cm³/mol. The molecule has 2 atom stereocenters. The maximum absolute atomic E-state index is 4.74. The molecule has 1 heterocycles. The van der Waals surface area contributed by atoms with Gasteiger partial charge in [-0.1, -0.05) is 13.8 Å². The first-order chi connectivity index (χ1) is 7.80. The molecule has 1 aliphatic carbocycles. The van der Waals surface area contributed by atoms with Crippen LogP contribution in [0.3, 0.4) is 0 Å². The molecule has 1 saturated carbocycles. The highest BCUT2D eigenvalue weighted by Crippen LogP contribution is 2.38. The van der Waals surface area contributed by atoms with Crippen molar-refractivity contribution in [2.45, 2.75) is 45.6 Å². The lowest BCUT2D eigenvalue weighted by molar-refractivity contribution is 0.162. The summed E-state index contributed by atoms with van der Waals surface area (Å²) < 4.78 is 2.30. The minimum Gasteiger partial charge on any atom is -0.319 e. The predicted octanol–water partition coefficient (Wildman–Crippen LogP) is 2.18. The van der Waals surface area contributed by atoms with E-state index in [0.717, 1.165) is 25.3 Å². The van der Waals surface area contributed by atoms with Crippen LogP contribution in [0.4, 0.5) is 0 Å². The van der Waals surface area contributed by atoms with Crippen molar-refractivity contribution in [1.29, 1.82) is 0 Å². The van der Waals surface area contributed by atoms with E-state index in [1.54, 1.807) is 0 Å². The molecular weight excluding hydrogens is 198 g/mol. The molecule has 0 saturated heterocycles. The summed E-state index contributed by atoms with van der Waals surface area (Å²) in [6, 6.07) is 2.91. The second-order valence-corrected chi connectivity index (χ2v) is 4.74. The van der Waals surface area contributed by atoms with Crippen LogP contribution in [0.15, 0.2) is 6.07 Å². The number of nitrogens with zero attached hydrogens (tertiary/aromatic N) is 2. The Morgan fingerprint density at radius 3 is 2.69 bits per heavy atom. The van der Waals surface area contributed by atoms with Gasteiger partial charge in [0.2, 0.25) is 0 Å². The molecule has 16 heavy (non-hydrogen) atoms. The molecule has 1 fully saturated rings. The van der Waals surface area contributed by atoms with E-state index in [4.69, 9.17) is 5.10 Å². The van der Waals surface area contributed by atoms with Gasteiger partial charge in [-0.25, -0.2) is 0 Å². The van der Waals surface area contributed by atoms with Gasteiger partial charge in [-0.05, 0) is 51.3 Å². The van der Waals surface area contributed by atoms with Crippen LogP contribution >= 0.6 is 0 Å². The Labute approximate surface area is 98.2 Å². The molecular formula is C13H23N3. The summed E-state index contributed by atoms with van der Waals surface area (Å²) in [4.78, 5) is 0. The zero-order valence-corrected chi connectivity index (χ0v) is 10.7. The number of hydrogen-bond acceptors (Lipinski definition) is 2. The smallest absolute Gasteiger partial charge is 0.0624 e. The van der Waals surface area contributed by atoms with Gasteiger partial charge in [-0.3, -0.25) is 4.68 Å². The molecule has 1 N–H and O–H groups in total. The van der Waals surface area contributed by atoms with E-state index in [-0.39, 0.29) is 0 Å². The van der Waals surface area contributed by atoms with E-state index in [9.17, 15) is 0 Å². The zero-order chi connectivity index (χ0) is 11.5. The van der Waals surface area contributed by atoms with Crippen molar-refractivity contribution in [2.24, 2.45) is 5.92 Å². The Morgan fingerprint density at radius 2 is 2.19 bits per heavy atom. The minimum absolute atomic E-state index is 0.641. The molecule has 0 radical (unpaired) electrons. The van der Waals surface area contributed by atoms with Crippen LogP contribution in [0.2, 0.25) is 0 Å². The van der Waals surface area contributed by atoms with E-state index in [0.29, 0.717) is 6.04 Å². The molecule has 0 bridgehead atoms. The van der Waals surface area contributed by atoms with Gasteiger partial charge in [-0.15, -0.1) is 0 Å². The standard InChI is InChI=1S/C13H23N3/c1-4-11-8-12(5-2)16(15-11)13-7-6-10(13)9-14-3/h8,10,13-14H,4-7,9H2,1-3H3. The summed E-state index contributed by atoms with van der Waals surface area (Å²) in [5.41, 5.74) is 2.65. The molecule has 2 rings (SSSR count). The monoisotopic (exact) mass is 221 g/mol. The fourth-order valence-corrected chi connectivity index (χ4v) is 2.59. The highest BCUT2D eigenvalue weighted by molar-refractivity contribution is 5.12. The molecule has 0 amide bonds. The molecule has 2 unspecified atom stereocenters. The molecule has 1 aromatic rings. The number of aryl methyl sites for hydroxylation is 2. The Balaban J connectivity index is 2.15. The van der Waals surface area contributed by atoms with Crippen LogP contribution in [0.25, 0.3) is 0 Å². The Kier molecular flexibility index (Phi) is 3.64. The summed E-state index contributed by atoms with van der Waals surface area (Å²) in [5.74, 6) is 0.778. The maximum atomic E-state index is 4.74. The van der Waals surface area contributed by atoms with Gasteiger partial charge >= 0.3 is 0 Å². The quantitative estimate of drug-likeness (QED) is 0.826. The number of aromatic nitrogens is 2. The second-order valence-electron chi connectivity index (χ2n) is 4.74. The van der Waals surface area contributed by atoms with Gasteiger partial charge in [0.25, 0.3) is 0 Å². The summed E-state index contributed by atoms with van der Waals surface area (Å²) in [6.07, 6.45) is 4.78.